The molecule has 3 aromatic heterocycles. The molecule has 3 heterocycles. The Balaban J connectivity index is 1.65. The smallest absolute Gasteiger partial charge is 0.221 e. The minimum Gasteiger partial charge on any atom is -0.368 e. The number of nitrogens with two attached hydrogens (primary N) is 1. The summed E-state index contributed by atoms with van der Waals surface area (Å²) in [7, 11) is 0. The SMILES string of the molecule is CCc1cccc(Cn2cc(-c3cc(-c4cccc(F)c4F)nc(N)n3)nn2)n1. The van der Waals surface area contributed by atoms with Crippen LogP contribution in [0.2, 0.25) is 0 Å². The van der Waals surface area contributed by atoms with Crippen molar-refractivity contribution >= 4 is 5.95 Å². The molecule has 0 saturated heterocycles. The Morgan fingerprint density at radius 1 is 0.931 bits per heavy atom. The van der Waals surface area contributed by atoms with E-state index in [4.69, 9.17) is 5.73 Å². The summed E-state index contributed by atoms with van der Waals surface area (Å²) in [4.78, 5) is 12.7. The Hall–Kier alpha value is -3.75. The van der Waals surface area contributed by atoms with Crippen LogP contribution in [0.15, 0.2) is 48.7 Å². The van der Waals surface area contributed by atoms with Gasteiger partial charge in [0, 0.05) is 11.3 Å². The number of benzene rings is 1. The fourth-order valence-corrected chi connectivity index (χ4v) is 2.91. The molecule has 9 heteroatoms. The topological polar surface area (TPSA) is 95.4 Å². The lowest BCUT2D eigenvalue weighted by atomic mass is 10.1. The van der Waals surface area contributed by atoms with Crippen LogP contribution in [0.4, 0.5) is 14.7 Å². The molecule has 0 radical (unpaired) electrons. The summed E-state index contributed by atoms with van der Waals surface area (Å²) in [6.45, 7) is 2.48. The van der Waals surface area contributed by atoms with Gasteiger partial charge in [0.25, 0.3) is 0 Å². The zero-order chi connectivity index (χ0) is 20.4. The molecule has 4 aromatic rings. The summed E-state index contributed by atoms with van der Waals surface area (Å²) in [6, 6.07) is 11.2. The van der Waals surface area contributed by atoms with E-state index in [1.807, 2.05) is 25.1 Å². The van der Waals surface area contributed by atoms with E-state index in [0.29, 0.717) is 17.9 Å². The van der Waals surface area contributed by atoms with E-state index in [2.05, 4.69) is 25.3 Å². The largest absolute Gasteiger partial charge is 0.368 e. The predicted octanol–water partition coefficient (Wildman–Crippen LogP) is 3.27. The molecule has 0 aliphatic rings. The van der Waals surface area contributed by atoms with Gasteiger partial charge in [-0.1, -0.05) is 24.3 Å². The van der Waals surface area contributed by atoms with Crippen molar-refractivity contribution < 1.29 is 8.78 Å². The lowest BCUT2D eigenvalue weighted by molar-refractivity contribution is 0.511. The van der Waals surface area contributed by atoms with Crippen molar-refractivity contribution in [1.82, 2.24) is 29.9 Å². The van der Waals surface area contributed by atoms with E-state index < -0.39 is 11.6 Å². The number of nitrogen functional groups attached to an aromatic ring is 1. The Kier molecular flexibility index (Phi) is 4.94. The summed E-state index contributed by atoms with van der Waals surface area (Å²) in [5.41, 5.74) is 8.58. The van der Waals surface area contributed by atoms with Crippen molar-refractivity contribution in [2.75, 3.05) is 5.73 Å². The van der Waals surface area contributed by atoms with Crippen LogP contribution in [-0.4, -0.2) is 29.9 Å². The third kappa shape index (κ3) is 3.93. The van der Waals surface area contributed by atoms with E-state index in [1.165, 1.54) is 18.2 Å². The average molecular weight is 393 g/mol. The Morgan fingerprint density at radius 2 is 1.69 bits per heavy atom. The molecule has 1 aromatic carbocycles. The fourth-order valence-electron chi connectivity index (χ4n) is 2.91. The highest BCUT2D eigenvalue weighted by molar-refractivity contribution is 5.67. The number of nitrogens with zero attached hydrogens (tertiary/aromatic N) is 6. The maximum atomic E-state index is 14.1. The van der Waals surface area contributed by atoms with Gasteiger partial charge in [-0.05, 0) is 36.8 Å². The first-order valence-corrected chi connectivity index (χ1v) is 8.97. The van der Waals surface area contributed by atoms with Gasteiger partial charge in [0.2, 0.25) is 5.95 Å². The monoisotopic (exact) mass is 393 g/mol. The second kappa shape index (κ2) is 7.70. The predicted molar refractivity (Wildman–Crippen MR) is 104 cm³/mol. The van der Waals surface area contributed by atoms with Crippen molar-refractivity contribution in [3.63, 3.8) is 0 Å². The Bertz CT molecular complexity index is 1170. The van der Waals surface area contributed by atoms with Crippen molar-refractivity contribution in [3.05, 3.63) is 71.7 Å². The number of aromatic nitrogens is 6. The van der Waals surface area contributed by atoms with Crippen LogP contribution in [0, 0.1) is 11.6 Å². The van der Waals surface area contributed by atoms with Gasteiger partial charge in [0.15, 0.2) is 11.6 Å². The van der Waals surface area contributed by atoms with E-state index in [1.54, 1.807) is 10.9 Å². The van der Waals surface area contributed by atoms with Gasteiger partial charge in [0.05, 0.1) is 29.8 Å². The second-order valence-electron chi connectivity index (χ2n) is 6.37. The first-order valence-electron chi connectivity index (χ1n) is 8.97. The summed E-state index contributed by atoms with van der Waals surface area (Å²) < 4.78 is 29.3. The number of aryl methyl sites for hydroxylation is 1. The summed E-state index contributed by atoms with van der Waals surface area (Å²) >= 11 is 0. The minimum atomic E-state index is -0.998. The normalized spacial score (nSPS) is 11.0. The maximum Gasteiger partial charge on any atom is 0.221 e. The maximum absolute atomic E-state index is 14.1. The molecule has 7 nitrogen and oxygen atoms in total. The molecule has 0 aliphatic carbocycles. The summed E-state index contributed by atoms with van der Waals surface area (Å²) in [5, 5.41) is 8.21. The van der Waals surface area contributed by atoms with Gasteiger partial charge >= 0.3 is 0 Å². The lowest BCUT2D eigenvalue weighted by Crippen LogP contribution is -2.03. The highest BCUT2D eigenvalue weighted by Gasteiger charge is 2.15. The highest BCUT2D eigenvalue weighted by Crippen LogP contribution is 2.26. The summed E-state index contributed by atoms with van der Waals surface area (Å²) in [6.07, 6.45) is 2.53. The summed E-state index contributed by atoms with van der Waals surface area (Å²) in [5.74, 6) is -2.04. The van der Waals surface area contributed by atoms with Crippen molar-refractivity contribution in [2.45, 2.75) is 19.9 Å². The number of hydrogen-bond donors (Lipinski definition) is 1. The van der Waals surface area contributed by atoms with Gasteiger partial charge in [-0.25, -0.2) is 23.4 Å². The number of anilines is 1. The number of pyridine rings is 1. The highest BCUT2D eigenvalue weighted by atomic mass is 19.2. The van der Waals surface area contributed by atoms with E-state index in [9.17, 15) is 8.78 Å². The second-order valence-corrected chi connectivity index (χ2v) is 6.37. The van der Waals surface area contributed by atoms with Gasteiger partial charge < -0.3 is 5.73 Å². The molecule has 146 valence electrons. The van der Waals surface area contributed by atoms with Crippen LogP contribution in [-0.2, 0) is 13.0 Å². The van der Waals surface area contributed by atoms with Crippen LogP contribution in [0.1, 0.15) is 18.3 Å². The standard InChI is InChI=1S/C20H17F2N7/c1-2-12-5-3-6-13(24-12)10-29-11-18(27-28-29)17-9-16(25-20(23)26-17)14-7-4-8-15(21)19(14)22/h3-9,11H,2,10H2,1H3,(H2,23,25,26). The molecule has 0 unspecified atom stereocenters. The van der Waals surface area contributed by atoms with Gasteiger partial charge in [-0.2, -0.15) is 0 Å². The molecule has 0 atom stereocenters. The molecule has 0 saturated carbocycles. The third-order valence-corrected chi connectivity index (χ3v) is 4.32. The lowest BCUT2D eigenvalue weighted by Gasteiger charge is -2.06. The molecule has 0 amide bonds. The van der Waals surface area contributed by atoms with Crippen molar-refractivity contribution in [1.29, 1.82) is 0 Å². The van der Waals surface area contributed by atoms with Crippen LogP contribution < -0.4 is 5.73 Å². The zero-order valence-electron chi connectivity index (χ0n) is 15.5. The van der Waals surface area contributed by atoms with Crippen molar-refractivity contribution in [2.24, 2.45) is 0 Å². The molecule has 0 spiro atoms. The third-order valence-electron chi connectivity index (χ3n) is 4.32. The quantitative estimate of drug-likeness (QED) is 0.559. The van der Waals surface area contributed by atoms with Crippen LogP contribution in [0.5, 0.6) is 0 Å². The molecule has 0 fully saturated rings. The average Bonchev–Trinajstić information content (AvgIpc) is 3.18. The Labute approximate surface area is 165 Å². The van der Waals surface area contributed by atoms with Gasteiger partial charge in [0.1, 0.15) is 5.69 Å². The van der Waals surface area contributed by atoms with E-state index in [-0.39, 0.29) is 17.2 Å². The number of halogens is 2. The number of rotatable bonds is 5. The van der Waals surface area contributed by atoms with Crippen LogP contribution in [0.25, 0.3) is 22.6 Å². The van der Waals surface area contributed by atoms with E-state index >= 15 is 0 Å². The molecule has 2 N–H and O–H groups in total. The van der Waals surface area contributed by atoms with Gasteiger partial charge in [-0.15, -0.1) is 5.10 Å². The minimum absolute atomic E-state index is 0.00618. The fraction of sp³-hybridized carbons (Fsp3) is 0.150. The molecular formula is C20H17F2N7. The molecule has 0 aliphatic heterocycles. The molecule has 4 rings (SSSR count). The molecular weight excluding hydrogens is 376 g/mol. The number of hydrogen-bond acceptors (Lipinski definition) is 6. The molecule has 0 bridgehead atoms. The Morgan fingerprint density at radius 3 is 2.52 bits per heavy atom. The van der Waals surface area contributed by atoms with Crippen LogP contribution >= 0.6 is 0 Å². The van der Waals surface area contributed by atoms with Crippen molar-refractivity contribution in [3.8, 4) is 22.6 Å². The van der Waals surface area contributed by atoms with E-state index in [0.717, 1.165) is 23.9 Å². The first kappa shape index (κ1) is 18.6. The van der Waals surface area contributed by atoms with Crippen LogP contribution in [0.3, 0.4) is 0 Å². The first-order chi connectivity index (χ1) is 14.0. The molecule has 29 heavy (non-hydrogen) atoms. The zero-order valence-corrected chi connectivity index (χ0v) is 15.5. The van der Waals surface area contributed by atoms with Gasteiger partial charge in [-0.3, -0.25) is 4.98 Å².